The number of nitrogens with two attached hydrogens (primary N) is 1. The highest BCUT2D eigenvalue weighted by Crippen LogP contribution is 2.16. The van der Waals surface area contributed by atoms with Crippen LogP contribution in [0.4, 0.5) is 0 Å². The van der Waals surface area contributed by atoms with Crippen LogP contribution in [0.15, 0.2) is 36.8 Å². The molecule has 5 nitrogen and oxygen atoms in total. The molecule has 0 aliphatic carbocycles. The maximum absolute atomic E-state index is 5.58. The molecular formula is C11H12N4O. The lowest BCUT2D eigenvalue weighted by molar-refractivity contribution is 0.295. The Morgan fingerprint density at radius 1 is 1.25 bits per heavy atom. The standard InChI is InChI=1S/C11H12N4O/c12-6-9-3-5-13-7-11(9)16-8-10-2-1-4-14-15-10/h1-5,7H,6,8,12H2. The third-order valence-corrected chi connectivity index (χ3v) is 2.09. The molecule has 2 heterocycles. The topological polar surface area (TPSA) is 73.9 Å². The molecular weight excluding hydrogens is 204 g/mol. The number of nitrogens with zero attached hydrogens (tertiary/aromatic N) is 3. The lowest BCUT2D eigenvalue weighted by Gasteiger charge is -2.08. The summed E-state index contributed by atoms with van der Waals surface area (Å²) in [4.78, 5) is 3.99. The van der Waals surface area contributed by atoms with Gasteiger partial charge in [-0.05, 0) is 18.2 Å². The lowest BCUT2D eigenvalue weighted by Crippen LogP contribution is -2.04. The SMILES string of the molecule is NCc1ccncc1OCc1cccnn1. The third-order valence-electron chi connectivity index (χ3n) is 2.09. The Bertz CT molecular complexity index is 447. The van der Waals surface area contributed by atoms with E-state index in [4.69, 9.17) is 10.5 Å². The van der Waals surface area contributed by atoms with Crippen LogP contribution in [0.2, 0.25) is 0 Å². The summed E-state index contributed by atoms with van der Waals surface area (Å²) in [5.74, 6) is 0.690. The molecule has 0 aliphatic heterocycles. The highest BCUT2D eigenvalue weighted by atomic mass is 16.5. The van der Waals surface area contributed by atoms with Crippen molar-refractivity contribution >= 4 is 0 Å². The zero-order chi connectivity index (χ0) is 11.2. The Hall–Kier alpha value is -2.01. The fourth-order valence-corrected chi connectivity index (χ4v) is 1.27. The van der Waals surface area contributed by atoms with Crippen LogP contribution in [0.3, 0.4) is 0 Å². The quantitative estimate of drug-likeness (QED) is 0.822. The van der Waals surface area contributed by atoms with Gasteiger partial charge in [0.25, 0.3) is 0 Å². The number of aromatic nitrogens is 3. The van der Waals surface area contributed by atoms with Crippen molar-refractivity contribution in [1.82, 2.24) is 15.2 Å². The second-order valence-corrected chi connectivity index (χ2v) is 3.19. The summed E-state index contributed by atoms with van der Waals surface area (Å²) >= 11 is 0. The van der Waals surface area contributed by atoms with E-state index in [1.54, 1.807) is 18.6 Å². The first-order valence-electron chi connectivity index (χ1n) is 4.92. The predicted molar refractivity (Wildman–Crippen MR) is 58.5 cm³/mol. The summed E-state index contributed by atoms with van der Waals surface area (Å²) in [7, 11) is 0. The van der Waals surface area contributed by atoms with Crippen LogP contribution in [0.5, 0.6) is 5.75 Å². The number of rotatable bonds is 4. The van der Waals surface area contributed by atoms with E-state index >= 15 is 0 Å². The molecule has 0 unspecified atom stereocenters. The van der Waals surface area contributed by atoms with Gasteiger partial charge < -0.3 is 10.5 Å². The van der Waals surface area contributed by atoms with Crippen LogP contribution < -0.4 is 10.5 Å². The molecule has 0 bridgehead atoms. The molecule has 2 aromatic heterocycles. The highest BCUT2D eigenvalue weighted by molar-refractivity contribution is 5.29. The normalized spacial score (nSPS) is 10.1. The average molecular weight is 216 g/mol. The second kappa shape index (κ2) is 5.18. The fourth-order valence-electron chi connectivity index (χ4n) is 1.27. The maximum atomic E-state index is 5.58. The molecule has 5 heteroatoms. The summed E-state index contributed by atoms with van der Waals surface area (Å²) in [6.07, 6.45) is 4.97. The minimum absolute atomic E-state index is 0.368. The van der Waals surface area contributed by atoms with E-state index in [9.17, 15) is 0 Å². The average Bonchev–Trinajstić information content (AvgIpc) is 2.38. The first-order chi connectivity index (χ1) is 7.90. The predicted octanol–water partition coefficient (Wildman–Crippen LogP) is 0.909. The Balaban J connectivity index is 2.05. The molecule has 0 spiro atoms. The Morgan fingerprint density at radius 3 is 2.94 bits per heavy atom. The molecule has 0 atom stereocenters. The van der Waals surface area contributed by atoms with Crippen molar-refractivity contribution in [2.24, 2.45) is 5.73 Å². The smallest absolute Gasteiger partial charge is 0.142 e. The van der Waals surface area contributed by atoms with Gasteiger partial charge in [-0.15, -0.1) is 0 Å². The van der Waals surface area contributed by atoms with Crippen molar-refractivity contribution in [1.29, 1.82) is 0 Å². The Morgan fingerprint density at radius 2 is 2.19 bits per heavy atom. The van der Waals surface area contributed by atoms with Gasteiger partial charge in [0.15, 0.2) is 0 Å². The lowest BCUT2D eigenvalue weighted by atomic mass is 10.2. The largest absolute Gasteiger partial charge is 0.485 e. The van der Waals surface area contributed by atoms with E-state index in [2.05, 4.69) is 15.2 Å². The van der Waals surface area contributed by atoms with E-state index in [0.717, 1.165) is 11.3 Å². The molecule has 0 radical (unpaired) electrons. The van der Waals surface area contributed by atoms with E-state index in [1.807, 2.05) is 18.2 Å². The summed E-state index contributed by atoms with van der Waals surface area (Å²) in [5.41, 5.74) is 7.29. The van der Waals surface area contributed by atoms with Crippen molar-refractivity contribution in [2.45, 2.75) is 13.2 Å². The monoisotopic (exact) mass is 216 g/mol. The first kappa shape index (κ1) is 10.5. The van der Waals surface area contributed by atoms with Gasteiger partial charge in [-0.25, -0.2) is 0 Å². The molecule has 0 aliphatic rings. The van der Waals surface area contributed by atoms with Crippen molar-refractivity contribution in [3.63, 3.8) is 0 Å². The molecule has 2 rings (SSSR count). The van der Waals surface area contributed by atoms with Crippen LogP contribution >= 0.6 is 0 Å². The third kappa shape index (κ3) is 2.52. The van der Waals surface area contributed by atoms with Gasteiger partial charge in [0, 0.05) is 24.5 Å². The molecule has 2 aromatic rings. The number of ether oxygens (including phenoxy) is 1. The second-order valence-electron chi connectivity index (χ2n) is 3.19. The van der Waals surface area contributed by atoms with Gasteiger partial charge in [0.1, 0.15) is 18.1 Å². The number of pyridine rings is 1. The molecule has 0 aromatic carbocycles. The first-order valence-corrected chi connectivity index (χ1v) is 4.92. The van der Waals surface area contributed by atoms with Crippen LogP contribution in [-0.2, 0) is 13.2 Å². The number of hydrogen-bond acceptors (Lipinski definition) is 5. The molecule has 0 saturated carbocycles. The fraction of sp³-hybridized carbons (Fsp3) is 0.182. The zero-order valence-corrected chi connectivity index (χ0v) is 8.71. The molecule has 2 N–H and O–H groups in total. The molecule has 0 saturated heterocycles. The highest BCUT2D eigenvalue weighted by Gasteiger charge is 2.02. The van der Waals surface area contributed by atoms with E-state index in [0.29, 0.717) is 18.9 Å². The van der Waals surface area contributed by atoms with Gasteiger partial charge in [-0.3, -0.25) is 4.98 Å². The van der Waals surface area contributed by atoms with Crippen LogP contribution in [-0.4, -0.2) is 15.2 Å². The van der Waals surface area contributed by atoms with Crippen LogP contribution in [0, 0.1) is 0 Å². The zero-order valence-electron chi connectivity index (χ0n) is 8.71. The van der Waals surface area contributed by atoms with Gasteiger partial charge in [0.2, 0.25) is 0 Å². The van der Waals surface area contributed by atoms with Crippen molar-refractivity contribution in [3.8, 4) is 5.75 Å². The van der Waals surface area contributed by atoms with E-state index in [-0.39, 0.29) is 0 Å². The van der Waals surface area contributed by atoms with Crippen LogP contribution in [0.25, 0.3) is 0 Å². The van der Waals surface area contributed by atoms with Crippen molar-refractivity contribution in [3.05, 3.63) is 48.0 Å². The maximum Gasteiger partial charge on any atom is 0.142 e. The summed E-state index contributed by atoms with van der Waals surface area (Å²) in [5, 5.41) is 7.69. The van der Waals surface area contributed by atoms with Gasteiger partial charge in [0.05, 0.1) is 6.20 Å². The molecule has 16 heavy (non-hydrogen) atoms. The minimum Gasteiger partial charge on any atom is -0.485 e. The molecule has 0 amide bonds. The summed E-state index contributed by atoms with van der Waals surface area (Å²) in [6, 6.07) is 5.51. The molecule has 0 fully saturated rings. The minimum atomic E-state index is 0.368. The van der Waals surface area contributed by atoms with Crippen molar-refractivity contribution in [2.75, 3.05) is 0 Å². The van der Waals surface area contributed by atoms with Crippen molar-refractivity contribution < 1.29 is 4.74 Å². The van der Waals surface area contributed by atoms with Gasteiger partial charge in [-0.2, -0.15) is 10.2 Å². The Kier molecular flexibility index (Phi) is 3.40. The van der Waals surface area contributed by atoms with E-state index < -0.39 is 0 Å². The Labute approximate surface area is 93.3 Å². The van der Waals surface area contributed by atoms with Gasteiger partial charge in [-0.1, -0.05) is 0 Å². The van der Waals surface area contributed by atoms with E-state index in [1.165, 1.54) is 0 Å². The molecule has 82 valence electrons. The summed E-state index contributed by atoms with van der Waals surface area (Å²) in [6.45, 7) is 0.796. The summed E-state index contributed by atoms with van der Waals surface area (Å²) < 4.78 is 5.57. The van der Waals surface area contributed by atoms with Crippen LogP contribution in [0.1, 0.15) is 11.3 Å². The number of hydrogen-bond donors (Lipinski definition) is 1. The van der Waals surface area contributed by atoms with Gasteiger partial charge >= 0.3 is 0 Å².